The highest BCUT2D eigenvalue weighted by Gasteiger charge is 2.30. The van der Waals surface area contributed by atoms with E-state index in [-0.39, 0.29) is 6.04 Å². The standard InChI is InChI=1S/C14H19NO4/c1-18-11-6-5-10(13(8-11)19-2)9-15-7-3-4-12(15)14(16)17/h5-6,8,12H,3-4,7,9H2,1-2H3,(H,16,17)/t12-/m0/s1. The largest absolute Gasteiger partial charge is 0.497 e. The van der Waals surface area contributed by atoms with Crippen LogP contribution < -0.4 is 9.47 Å². The van der Waals surface area contributed by atoms with Crippen LogP contribution in [0.1, 0.15) is 18.4 Å². The van der Waals surface area contributed by atoms with Crippen molar-refractivity contribution in [2.45, 2.75) is 25.4 Å². The van der Waals surface area contributed by atoms with E-state index in [0.717, 1.165) is 30.0 Å². The van der Waals surface area contributed by atoms with E-state index in [0.29, 0.717) is 13.0 Å². The van der Waals surface area contributed by atoms with Gasteiger partial charge in [-0.1, -0.05) is 6.07 Å². The van der Waals surface area contributed by atoms with Crippen LogP contribution in [-0.2, 0) is 11.3 Å². The number of aliphatic carboxylic acids is 1. The van der Waals surface area contributed by atoms with Crippen molar-refractivity contribution in [2.24, 2.45) is 0 Å². The molecule has 0 aromatic heterocycles. The van der Waals surface area contributed by atoms with Crippen molar-refractivity contribution in [2.75, 3.05) is 20.8 Å². The second-order valence-electron chi connectivity index (χ2n) is 4.64. The summed E-state index contributed by atoms with van der Waals surface area (Å²) in [6.07, 6.45) is 1.64. The van der Waals surface area contributed by atoms with Crippen molar-refractivity contribution in [3.63, 3.8) is 0 Å². The molecular formula is C14H19NO4. The second-order valence-corrected chi connectivity index (χ2v) is 4.64. The zero-order valence-corrected chi connectivity index (χ0v) is 11.3. The average molecular weight is 265 g/mol. The van der Waals surface area contributed by atoms with Crippen molar-refractivity contribution >= 4 is 5.97 Å². The van der Waals surface area contributed by atoms with Crippen molar-refractivity contribution < 1.29 is 19.4 Å². The lowest BCUT2D eigenvalue weighted by Gasteiger charge is -2.22. The van der Waals surface area contributed by atoms with Gasteiger partial charge in [0.05, 0.1) is 14.2 Å². The SMILES string of the molecule is COc1ccc(CN2CCC[C@H]2C(=O)O)c(OC)c1. The van der Waals surface area contributed by atoms with Crippen LogP contribution in [0.3, 0.4) is 0 Å². The van der Waals surface area contributed by atoms with Crippen molar-refractivity contribution in [3.8, 4) is 11.5 Å². The van der Waals surface area contributed by atoms with E-state index in [1.165, 1.54) is 0 Å². The van der Waals surface area contributed by atoms with Crippen LogP contribution in [0.2, 0.25) is 0 Å². The number of carbonyl (C=O) groups is 1. The maximum absolute atomic E-state index is 11.2. The van der Waals surface area contributed by atoms with Gasteiger partial charge in [0, 0.05) is 18.2 Å². The number of likely N-dealkylation sites (tertiary alicyclic amines) is 1. The van der Waals surface area contributed by atoms with Crippen LogP contribution in [0.4, 0.5) is 0 Å². The van der Waals surface area contributed by atoms with Crippen molar-refractivity contribution in [1.29, 1.82) is 0 Å². The van der Waals surface area contributed by atoms with Gasteiger partial charge in [0.1, 0.15) is 17.5 Å². The fourth-order valence-electron chi connectivity index (χ4n) is 2.50. The molecule has 0 bridgehead atoms. The summed E-state index contributed by atoms with van der Waals surface area (Å²) in [4.78, 5) is 13.1. The first-order valence-corrected chi connectivity index (χ1v) is 6.33. The number of benzene rings is 1. The zero-order valence-electron chi connectivity index (χ0n) is 11.3. The van der Waals surface area contributed by atoms with E-state index in [2.05, 4.69) is 0 Å². The monoisotopic (exact) mass is 265 g/mol. The highest BCUT2D eigenvalue weighted by Crippen LogP contribution is 2.28. The maximum atomic E-state index is 11.2. The third-order valence-corrected chi connectivity index (χ3v) is 3.52. The average Bonchev–Trinajstić information content (AvgIpc) is 2.87. The number of methoxy groups -OCH3 is 2. The molecule has 2 rings (SSSR count). The predicted octanol–water partition coefficient (Wildman–Crippen LogP) is 1.75. The van der Waals surface area contributed by atoms with Crippen LogP contribution in [0.15, 0.2) is 18.2 Å². The summed E-state index contributed by atoms with van der Waals surface area (Å²) in [7, 11) is 3.21. The number of nitrogens with zero attached hydrogens (tertiary/aromatic N) is 1. The number of carboxylic acid groups (broad SMARTS) is 1. The van der Waals surface area contributed by atoms with E-state index in [9.17, 15) is 9.90 Å². The normalized spacial score (nSPS) is 19.4. The molecule has 1 saturated heterocycles. The molecule has 104 valence electrons. The highest BCUT2D eigenvalue weighted by atomic mass is 16.5. The Hall–Kier alpha value is -1.75. The third kappa shape index (κ3) is 2.98. The molecule has 0 spiro atoms. The molecule has 1 aliphatic rings. The van der Waals surface area contributed by atoms with Crippen LogP contribution in [0.25, 0.3) is 0 Å². The van der Waals surface area contributed by atoms with Gasteiger partial charge in [0.2, 0.25) is 0 Å². The van der Waals surface area contributed by atoms with E-state index in [1.54, 1.807) is 14.2 Å². The first-order chi connectivity index (χ1) is 9.15. The molecule has 1 fully saturated rings. The lowest BCUT2D eigenvalue weighted by molar-refractivity contribution is -0.142. The molecule has 1 aliphatic heterocycles. The van der Waals surface area contributed by atoms with Gasteiger partial charge in [-0.25, -0.2) is 0 Å². The topological polar surface area (TPSA) is 59.0 Å². The van der Waals surface area contributed by atoms with Gasteiger partial charge in [0.15, 0.2) is 0 Å². The number of ether oxygens (including phenoxy) is 2. The van der Waals surface area contributed by atoms with Gasteiger partial charge in [-0.2, -0.15) is 0 Å². The van der Waals surface area contributed by atoms with E-state index in [4.69, 9.17) is 9.47 Å². The maximum Gasteiger partial charge on any atom is 0.320 e. The van der Waals surface area contributed by atoms with Crippen molar-refractivity contribution in [1.82, 2.24) is 4.90 Å². The minimum absolute atomic E-state index is 0.383. The predicted molar refractivity (Wildman–Crippen MR) is 70.6 cm³/mol. The van der Waals surface area contributed by atoms with Gasteiger partial charge >= 0.3 is 5.97 Å². The zero-order chi connectivity index (χ0) is 13.8. The Morgan fingerprint density at radius 3 is 2.84 bits per heavy atom. The third-order valence-electron chi connectivity index (χ3n) is 3.52. The summed E-state index contributed by atoms with van der Waals surface area (Å²) in [6.45, 7) is 1.40. The lowest BCUT2D eigenvalue weighted by atomic mass is 10.1. The Bertz CT molecular complexity index is 461. The Labute approximate surface area is 112 Å². The van der Waals surface area contributed by atoms with Crippen LogP contribution in [0, 0.1) is 0 Å². The van der Waals surface area contributed by atoms with Gasteiger partial charge < -0.3 is 14.6 Å². The quantitative estimate of drug-likeness (QED) is 0.879. The highest BCUT2D eigenvalue weighted by molar-refractivity contribution is 5.73. The summed E-state index contributed by atoms with van der Waals surface area (Å²) in [5.41, 5.74) is 0.983. The fourth-order valence-corrected chi connectivity index (χ4v) is 2.50. The summed E-state index contributed by atoms with van der Waals surface area (Å²) in [5, 5.41) is 9.18. The summed E-state index contributed by atoms with van der Waals surface area (Å²) >= 11 is 0. The molecule has 19 heavy (non-hydrogen) atoms. The Balaban J connectivity index is 2.16. The summed E-state index contributed by atoms with van der Waals surface area (Å²) in [5.74, 6) is 0.720. The molecule has 0 amide bonds. The molecule has 5 heteroatoms. The van der Waals surface area contributed by atoms with Crippen LogP contribution in [-0.4, -0.2) is 42.8 Å². The van der Waals surface area contributed by atoms with Crippen LogP contribution in [0.5, 0.6) is 11.5 Å². The number of hydrogen-bond donors (Lipinski definition) is 1. The van der Waals surface area contributed by atoms with E-state index < -0.39 is 5.97 Å². The molecule has 1 atom stereocenters. The molecule has 1 heterocycles. The molecule has 0 aliphatic carbocycles. The molecule has 1 N–H and O–H groups in total. The minimum atomic E-state index is -0.745. The second kappa shape index (κ2) is 5.93. The molecule has 1 aromatic rings. The van der Waals surface area contributed by atoms with Gasteiger partial charge in [-0.3, -0.25) is 9.69 Å². The fraction of sp³-hybridized carbons (Fsp3) is 0.500. The molecule has 5 nitrogen and oxygen atoms in total. The van der Waals surface area contributed by atoms with Crippen LogP contribution >= 0.6 is 0 Å². The molecule has 0 unspecified atom stereocenters. The van der Waals surface area contributed by atoms with Gasteiger partial charge in [0.25, 0.3) is 0 Å². The Morgan fingerprint density at radius 1 is 1.42 bits per heavy atom. The van der Waals surface area contributed by atoms with Crippen molar-refractivity contribution in [3.05, 3.63) is 23.8 Å². The number of carboxylic acids is 1. The van der Waals surface area contributed by atoms with E-state index >= 15 is 0 Å². The molecule has 1 aromatic carbocycles. The molecule has 0 radical (unpaired) electrons. The van der Waals surface area contributed by atoms with E-state index in [1.807, 2.05) is 23.1 Å². The summed E-state index contributed by atoms with van der Waals surface area (Å²) < 4.78 is 10.5. The first-order valence-electron chi connectivity index (χ1n) is 6.33. The lowest BCUT2D eigenvalue weighted by Crippen LogP contribution is -2.35. The molecule has 0 saturated carbocycles. The summed E-state index contributed by atoms with van der Waals surface area (Å²) in [6, 6.07) is 5.23. The Kier molecular flexibility index (Phi) is 4.27. The first kappa shape index (κ1) is 13.7. The van der Waals surface area contributed by atoms with Gasteiger partial charge in [-0.05, 0) is 25.5 Å². The van der Waals surface area contributed by atoms with Gasteiger partial charge in [-0.15, -0.1) is 0 Å². The smallest absolute Gasteiger partial charge is 0.320 e. The Morgan fingerprint density at radius 2 is 2.21 bits per heavy atom. The minimum Gasteiger partial charge on any atom is -0.497 e. The molecular weight excluding hydrogens is 246 g/mol. The number of hydrogen-bond acceptors (Lipinski definition) is 4. The number of rotatable bonds is 5.